The Morgan fingerprint density at radius 2 is 1.56 bits per heavy atom. The Balaban J connectivity index is 1.39. The van der Waals surface area contributed by atoms with E-state index in [0.717, 1.165) is 16.8 Å². The Kier molecular flexibility index (Phi) is 7.15. The average Bonchev–Trinajstić information content (AvgIpc) is 2.79. The van der Waals surface area contributed by atoms with Crippen molar-refractivity contribution in [2.75, 3.05) is 16.0 Å². The van der Waals surface area contributed by atoms with E-state index in [-0.39, 0.29) is 5.91 Å². The minimum atomic E-state index is -0.243. The topological polar surface area (TPSA) is 91.8 Å². The van der Waals surface area contributed by atoms with Crippen LogP contribution in [0.4, 0.5) is 28.8 Å². The number of aryl methyl sites for hydroxylation is 2. The van der Waals surface area contributed by atoms with Gasteiger partial charge in [-0.3, -0.25) is 4.79 Å². The maximum absolute atomic E-state index is 12.2. The van der Waals surface area contributed by atoms with Gasteiger partial charge in [0.2, 0.25) is 5.91 Å². The second-order valence-electron chi connectivity index (χ2n) is 7.58. The standard InChI is InChI=1S/C26H23ClN6O/c1-17-13-14-28-23(15-17)33-25-16-24(29-18(2)30-25)31-20-8-10-21(11-9-20)32-26(34)12-7-19-5-3-4-6-22(19)27/h3-16H,1-2H3,(H,32,34)(H2,28,29,30,31,33)/b12-7+. The van der Waals surface area contributed by atoms with Crippen molar-refractivity contribution in [3.05, 3.63) is 101 Å². The van der Waals surface area contributed by atoms with Crippen LogP contribution in [0.3, 0.4) is 0 Å². The fourth-order valence-electron chi connectivity index (χ4n) is 3.18. The third-order valence-electron chi connectivity index (χ3n) is 4.75. The van der Waals surface area contributed by atoms with Gasteiger partial charge in [-0.1, -0.05) is 29.8 Å². The van der Waals surface area contributed by atoms with Crippen LogP contribution in [0.2, 0.25) is 5.02 Å². The lowest BCUT2D eigenvalue weighted by atomic mass is 10.2. The summed E-state index contributed by atoms with van der Waals surface area (Å²) in [5.74, 6) is 2.37. The number of amides is 1. The van der Waals surface area contributed by atoms with E-state index in [9.17, 15) is 4.79 Å². The molecule has 1 amide bonds. The van der Waals surface area contributed by atoms with Crippen molar-refractivity contribution >= 4 is 52.4 Å². The smallest absolute Gasteiger partial charge is 0.248 e. The molecule has 0 bridgehead atoms. The van der Waals surface area contributed by atoms with Gasteiger partial charge in [0, 0.05) is 34.7 Å². The van der Waals surface area contributed by atoms with E-state index < -0.39 is 0 Å². The van der Waals surface area contributed by atoms with Gasteiger partial charge in [-0.15, -0.1) is 0 Å². The molecule has 7 nitrogen and oxygen atoms in total. The Hall–Kier alpha value is -4.23. The molecule has 0 aliphatic rings. The van der Waals surface area contributed by atoms with Crippen LogP contribution in [0.15, 0.2) is 79.0 Å². The third-order valence-corrected chi connectivity index (χ3v) is 5.10. The molecular weight excluding hydrogens is 448 g/mol. The normalized spacial score (nSPS) is 10.8. The van der Waals surface area contributed by atoms with Gasteiger partial charge in [-0.25, -0.2) is 15.0 Å². The van der Waals surface area contributed by atoms with E-state index in [4.69, 9.17) is 11.6 Å². The van der Waals surface area contributed by atoms with Gasteiger partial charge in [-0.2, -0.15) is 0 Å². The SMILES string of the molecule is Cc1ccnc(Nc2cc(Nc3ccc(NC(=O)/C=C/c4ccccc4Cl)cc3)nc(C)n2)c1. The summed E-state index contributed by atoms with van der Waals surface area (Å²) >= 11 is 6.11. The molecular formula is C26H23ClN6O. The highest BCUT2D eigenvalue weighted by Crippen LogP contribution is 2.22. The maximum atomic E-state index is 12.2. The molecule has 4 aromatic rings. The number of halogens is 1. The number of benzene rings is 2. The van der Waals surface area contributed by atoms with E-state index in [2.05, 4.69) is 30.9 Å². The van der Waals surface area contributed by atoms with Gasteiger partial charge in [0.25, 0.3) is 0 Å². The third kappa shape index (κ3) is 6.40. The minimum Gasteiger partial charge on any atom is -0.340 e. The van der Waals surface area contributed by atoms with E-state index in [1.165, 1.54) is 6.08 Å². The highest BCUT2D eigenvalue weighted by Gasteiger charge is 2.05. The van der Waals surface area contributed by atoms with Crippen LogP contribution in [-0.4, -0.2) is 20.9 Å². The predicted octanol–water partition coefficient (Wildman–Crippen LogP) is 6.28. The lowest BCUT2D eigenvalue weighted by molar-refractivity contribution is -0.111. The summed E-state index contributed by atoms with van der Waals surface area (Å²) in [6.07, 6.45) is 4.88. The number of hydrogen-bond acceptors (Lipinski definition) is 6. The summed E-state index contributed by atoms with van der Waals surface area (Å²) in [4.78, 5) is 25.4. The summed E-state index contributed by atoms with van der Waals surface area (Å²) < 4.78 is 0. The number of carbonyl (C=O) groups excluding carboxylic acids is 1. The summed E-state index contributed by atoms with van der Waals surface area (Å²) in [5.41, 5.74) is 3.38. The first-order chi connectivity index (χ1) is 16.4. The fraction of sp³-hybridized carbons (Fsp3) is 0.0769. The zero-order valence-electron chi connectivity index (χ0n) is 18.7. The number of pyridine rings is 1. The van der Waals surface area contributed by atoms with E-state index in [1.807, 2.05) is 74.5 Å². The summed E-state index contributed by atoms with van der Waals surface area (Å²) in [5, 5.41) is 9.89. The Bertz CT molecular complexity index is 1340. The first-order valence-electron chi connectivity index (χ1n) is 10.6. The van der Waals surface area contributed by atoms with E-state index in [1.54, 1.807) is 18.3 Å². The van der Waals surface area contributed by atoms with Crippen molar-refractivity contribution in [3.63, 3.8) is 0 Å². The van der Waals surface area contributed by atoms with Gasteiger partial charge in [0.05, 0.1) is 0 Å². The molecule has 0 fully saturated rings. The molecule has 2 heterocycles. The second kappa shape index (κ2) is 10.6. The molecule has 2 aromatic heterocycles. The van der Waals surface area contributed by atoms with Crippen LogP contribution >= 0.6 is 11.6 Å². The van der Waals surface area contributed by atoms with Crippen molar-refractivity contribution < 1.29 is 4.79 Å². The zero-order valence-corrected chi connectivity index (χ0v) is 19.5. The van der Waals surface area contributed by atoms with Crippen molar-refractivity contribution in [1.82, 2.24) is 15.0 Å². The van der Waals surface area contributed by atoms with Gasteiger partial charge in [0.1, 0.15) is 23.3 Å². The molecule has 2 aromatic carbocycles. The summed E-state index contributed by atoms with van der Waals surface area (Å²) in [6.45, 7) is 3.83. The molecule has 0 aliphatic carbocycles. The highest BCUT2D eigenvalue weighted by atomic mass is 35.5. The first kappa shape index (κ1) is 22.9. The fourth-order valence-corrected chi connectivity index (χ4v) is 3.37. The monoisotopic (exact) mass is 470 g/mol. The van der Waals surface area contributed by atoms with Crippen LogP contribution < -0.4 is 16.0 Å². The predicted molar refractivity (Wildman–Crippen MR) is 138 cm³/mol. The van der Waals surface area contributed by atoms with E-state index in [0.29, 0.717) is 34.0 Å². The Morgan fingerprint density at radius 1 is 0.853 bits per heavy atom. The minimum absolute atomic E-state index is 0.243. The van der Waals surface area contributed by atoms with Gasteiger partial charge >= 0.3 is 0 Å². The number of anilines is 5. The molecule has 8 heteroatoms. The molecule has 170 valence electrons. The number of hydrogen-bond donors (Lipinski definition) is 3. The van der Waals surface area contributed by atoms with E-state index >= 15 is 0 Å². The lowest BCUT2D eigenvalue weighted by Gasteiger charge is -2.11. The number of rotatable bonds is 7. The van der Waals surface area contributed by atoms with Crippen molar-refractivity contribution in [2.45, 2.75) is 13.8 Å². The summed E-state index contributed by atoms with van der Waals surface area (Å²) in [6, 6.07) is 20.4. The zero-order chi connectivity index (χ0) is 23.9. The van der Waals surface area contributed by atoms with Gasteiger partial charge in [-0.05, 0) is 73.5 Å². The molecule has 0 aliphatic heterocycles. The number of nitrogens with one attached hydrogen (secondary N) is 3. The molecule has 3 N–H and O–H groups in total. The quantitative estimate of drug-likeness (QED) is 0.275. The van der Waals surface area contributed by atoms with Crippen LogP contribution in [-0.2, 0) is 4.79 Å². The summed E-state index contributed by atoms with van der Waals surface area (Å²) in [7, 11) is 0. The number of carbonyl (C=O) groups is 1. The Morgan fingerprint density at radius 3 is 2.29 bits per heavy atom. The van der Waals surface area contributed by atoms with Crippen molar-refractivity contribution in [3.8, 4) is 0 Å². The molecule has 0 saturated carbocycles. The largest absolute Gasteiger partial charge is 0.340 e. The highest BCUT2D eigenvalue weighted by molar-refractivity contribution is 6.32. The van der Waals surface area contributed by atoms with Crippen molar-refractivity contribution in [1.29, 1.82) is 0 Å². The van der Waals surface area contributed by atoms with Gasteiger partial charge in [0.15, 0.2) is 0 Å². The Labute approximate surface area is 203 Å². The molecule has 0 spiro atoms. The molecule has 0 atom stereocenters. The molecule has 34 heavy (non-hydrogen) atoms. The van der Waals surface area contributed by atoms with Crippen molar-refractivity contribution in [2.24, 2.45) is 0 Å². The number of aromatic nitrogens is 3. The van der Waals surface area contributed by atoms with Crippen LogP contribution in [0.25, 0.3) is 6.08 Å². The number of nitrogens with zero attached hydrogens (tertiary/aromatic N) is 3. The first-order valence-corrected chi connectivity index (χ1v) is 11.0. The lowest BCUT2D eigenvalue weighted by Crippen LogP contribution is -2.07. The molecule has 4 rings (SSSR count). The molecule has 0 unspecified atom stereocenters. The van der Waals surface area contributed by atoms with Gasteiger partial charge < -0.3 is 16.0 Å². The maximum Gasteiger partial charge on any atom is 0.248 e. The van der Waals surface area contributed by atoms with Crippen LogP contribution in [0.5, 0.6) is 0 Å². The molecule has 0 saturated heterocycles. The van der Waals surface area contributed by atoms with Crippen LogP contribution in [0, 0.1) is 13.8 Å². The second-order valence-corrected chi connectivity index (χ2v) is 7.98. The average molecular weight is 471 g/mol. The van der Waals surface area contributed by atoms with Crippen LogP contribution in [0.1, 0.15) is 17.0 Å². The molecule has 0 radical (unpaired) electrons.